The maximum absolute atomic E-state index is 12.4. The van der Waals surface area contributed by atoms with E-state index in [0.717, 1.165) is 22.8 Å². The van der Waals surface area contributed by atoms with Crippen LogP contribution in [0.25, 0.3) is 0 Å². The van der Waals surface area contributed by atoms with Gasteiger partial charge in [-0.05, 0) is 25.1 Å². The summed E-state index contributed by atoms with van der Waals surface area (Å²) in [7, 11) is 0. The van der Waals surface area contributed by atoms with E-state index >= 15 is 0 Å². The molecular formula is C21H24N2O4. The summed E-state index contributed by atoms with van der Waals surface area (Å²) in [5.41, 5.74) is 1.11. The van der Waals surface area contributed by atoms with Crippen LogP contribution in [-0.4, -0.2) is 49.3 Å². The lowest BCUT2D eigenvalue weighted by Gasteiger charge is -2.27. The van der Waals surface area contributed by atoms with E-state index < -0.39 is 0 Å². The van der Waals surface area contributed by atoms with Crippen molar-refractivity contribution in [2.24, 2.45) is 0 Å². The number of nitrogens with zero attached hydrogens (tertiary/aromatic N) is 1. The molecule has 0 aliphatic carbocycles. The number of carbonyl (C=O) groups is 1. The lowest BCUT2D eigenvalue weighted by atomic mass is 10.2. The number of hydrogen-bond acceptors (Lipinski definition) is 5. The lowest BCUT2D eigenvalue weighted by Crippen LogP contribution is -2.45. The molecule has 0 aromatic heterocycles. The standard InChI is InChI=1S/C21H24N2O4/c1-15-11-23(12-16-6-2-3-7-18(16)26-15)13-21(24)22-10-17-14-25-19-8-4-5-9-20(19)27-17/h2-9,15,17H,10-14H2,1H3,(H,22,24)/t15-,17+/m0/s1. The fourth-order valence-corrected chi connectivity index (χ4v) is 3.44. The van der Waals surface area contributed by atoms with Gasteiger partial charge in [-0.1, -0.05) is 30.3 Å². The third-order valence-electron chi connectivity index (χ3n) is 4.67. The highest BCUT2D eigenvalue weighted by Crippen LogP contribution is 2.30. The highest BCUT2D eigenvalue weighted by atomic mass is 16.6. The summed E-state index contributed by atoms with van der Waals surface area (Å²) in [6.45, 7) is 4.61. The van der Waals surface area contributed by atoms with E-state index in [9.17, 15) is 4.79 Å². The second-order valence-corrected chi connectivity index (χ2v) is 7.01. The van der Waals surface area contributed by atoms with E-state index in [-0.39, 0.29) is 18.1 Å². The monoisotopic (exact) mass is 368 g/mol. The molecule has 4 rings (SSSR count). The van der Waals surface area contributed by atoms with Gasteiger partial charge in [0, 0.05) is 18.7 Å². The van der Waals surface area contributed by atoms with Crippen LogP contribution in [0, 0.1) is 0 Å². The number of benzene rings is 2. The van der Waals surface area contributed by atoms with Crippen molar-refractivity contribution in [3.8, 4) is 17.2 Å². The van der Waals surface area contributed by atoms with Crippen molar-refractivity contribution >= 4 is 5.91 Å². The highest BCUT2D eigenvalue weighted by molar-refractivity contribution is 5.78. The molecule has 0 spiro atoms. The van der Waals surface area contributed by atoms with Crippen LogP contribution in [0.1, 0.15) is 12.5 Å². The highest BCUT2D eigenvalue weighted by Gasteiger charge is 2.24. The van der Waals surface area contributed by atoms with Gasteiger partial charge in [-0.2, -0.15) is 0 Å². The molecule has 2 atom stereocenters. The van der Waals surface area contributed by atoms with Crippen molar-refractivity contribution < 1.29 is 19.0 Å². The number of rotatable bonds is 4. The minimum absolute atomic E-state index is 0.0240. The van der Waals surface area contributed by atoms with Gasteiger partial charge in [0.2, 0.25) is 5.91 Å². The summed E-state index contributed by atoms with van der Waals surface area (Å²) in [6.07, 6.45) is -0.149. The largest absolute Gasteiger partial charge is 0.489 e. The van der Waals surface area contributed by atoms with Gasteiger partial charge in [0.15, 0.2) is 11.5 Å². The van der Waals surface area contributed by atoms with Gasteiger partial charge in [0.05, 0.1) is 13.1 Å². The molecule has 0 saturated carbocycles. The molecule has 2 heterocycles. The van der Waals surface area contributed by atoms with E-state index in [1.54, 1.807) is 0 Å². The van der Waals surface area contributed by atoms with Crippen molar-refractivity contribution in [1.82, 2.24) is 10.2 Å². The predicted molar refractivity (Wildman–Crippen MR) is 101 cm³/mol. The fourth-order valence-electron chi connectivity index (χ4n) is 3.44. The molecule has 2 aromatic carbocycles. The molecule has 2 aliphatic heterocycles. The summed E-state index contributed by atoms with van der Waals surface area (Å²) < 4.78 is 17.5. The number of hydrogen-bond donors (Lipinski definition) is 1. The number of nitrogens with one attached hydrogen (secondary N) is 1. The van der Waals surface area contributed by atoms with Crippen molar-refractivity contribution in [2.45, 2.75) is 25.7 Å². The summed E-state index contributed by atoms with van der Waals surface area (Å²) >= 11 is 0. The second-order valence-electron chi connectivity index (χ2n) is 7.01. The van der Waals surface area contributed by atoms with E-state index in [1.807, 2.05) is 55.5 Å². The van der Waals surface area contributed by atoms with Gasteiger partial charge in [-0.15, -0.1) is 0 Å². The SMILES string of the molecule is C[C@H]1CN(CC(=O)NC[C@@H]2COc3ccccc3O2)Cc2ccccc2O1. The van der Waals surface area contributed by atoms with Crippen LogP contribution in [0.5, 0.6) is 17.2 Å². The normalized spacial score (nSPS) is 21.5. The van der Waals surface area contributed by atoms with Crippen LogP contribution >= 0.6 is 0 Å². The Balaban J connectivity index is 1.30. The zero-order chi connectivity index (χ0) is 18.6. The van der Waals surface area contributed by atoms with E-state index in [1.165, 1.54) is 0 Å². The van der Waals surface area contributed by atoms with Crippen molar-refractivity contribution in [3.63, 3.8) is 0 Å². The zero-order valence-electron chi connectivity index (χ0n) is 15.4. The zero-order valence-corrected chi connectivity index (χ0v) is 15.4. The minimum atomic E-state index is -0.184. The molecule has 2 aromatic rings. The predicted octanol–water partition coefficient (Wildman–Crippen LogP) is 2.23. The first kappa shape index (κ1) is 17.7. The summed E-state index contributed by atoms with van der Waals surface area (Å²) in [5, 5.41) is 2.96. The molecule has 142 valence electrons. The Labute approximate surface area is 159 Å². The molecule has 0 bridgehead atoms. The average Bonchev–Trinajstić information content (AvgIpc) is 2.83. The third kappa shape index (κ3) is 4.34. The van der Waals surface area contributed by atoms with E-state index in [2.05, 4.69) is 10.2 Å². The molecule has 6 nitrogen and oxygen atoms in total. The van der Waals surface area contributed by atoms with Gasteiger partial charge in [0.1, 0.15) is 24.6 Å². The average molecular weight is 368 g/mol. The number of ether oxygens (including phenoxy) is 3. The van der Waals surface area contributed by atoms with E-state index in [4.69, 9.17) is 14.2 Å². The first-order chi connectivity index (χ1) is 13.2. The number of para-hydroxylation sites is 3. The van der Waals surface area contributed by atoms with Crippen molar-refractivity contribution in [2.75, 3.05) is 26.2 Å². The van der Waals surface area contributed by atoms with Gasteiger partial charge in [-0.25, -0.2) is 0 Å². The quantitative estimate of drug-likeness (QED) is 0.897. The van der Waals surface area contributed by atoms with Gasteiger partial charge < -0.3 is 19.5 Å². The fraction of sp³-hybridized carbons (Fsp3) is 0.381. The van der Waals surface area contributed by atoms with Gasteiger partial charge in [-0.3, -0.25) is 9.69 Å². The Hall–Kier alpha value is -2.73. The number of carbonyl (C=O) groups excluding carboxylic acids is 1. The van der Waals surface area contributed by atoms with Crippen molar-refractivity contribution in [3.05, 3.63) is 54.1 Å². The number of fused-ring (bicyclic) bond motifs is 2. The molecule has 2 aliphatic rings. The molecule has 0 fully saturated rings. The van der Waals surface area contributed by atoms with Crippen LogP contribution in [0.2, 0.25) is 0 Å². The molecule has 1 N–H and O–H groups in total. The first-order valence-electron chi connectivity index (χ1n) is 9.29. The minimum Gasteiger partial charge on any atom is -0.489 e. The third-order valence-corrected chi connectivity index (χ3v) is 4.67. The maximum Gasteiger partial charge on any atom is 0.234 e. The summed E-state index contributed by atoms with van der Waals surface area (Å²) in [6, 6.07) is 15.6. The van der Waals surface area contributed by atoms with Crippen LogP contribution in [0.3, 0.4) is 0 Å². The lowest BCUT2D eigenvalue weighted by molar-refractivity contribution is -0.123. The summed E-state index contributed by atoms with van der Waals surface area (Å²) in [4.78, 5) is 14.6. The molecule has 0 saturated heterocycles. The van der Waals surface area contributed by atoms with E-state index in [0.29, 0.717) is 32.8 Å². The van der Waals surface area contributed by atoms with Crippen molar-refractivity contribution in [1.29, 1.82) is 0 Å². The Morgan fingerprint density at radius 2 is 1.81 bits per heavy atom. The van der Waals surface area contributed by atoms with Crippen LogP contribution < -0.4 is 19.5 Å². The van der Waals surface area contributed by atoms with Crippen LogP contribution in [-0.2, 0) is 11.3 Å². The van der Waals surface area contributed by atoms with Gasteiger partial charge >= 0.3 is 0 Å². The summed E-state index contributed by atoms with van der Waals surface area (Å²) in [5.74, 6) is 2.35. The van der Waals surface area contributed by atoms with Crippen LogP contribution in [0.15, 0.2) is 48.5 Å². The topological polar surface area (TPSA) is 60.0 Å². The molecule has 0 unspecified atom stereocenters. The Kier molecular flexibility index (Phi) is 5.16. The number of amides is 1. The Morgan fingerprint density at radius 1 is 1.07 bits per heavy atom. The first-order valence-corrected chi connectivity index (χ1v) is 9.29. The molecular weight excluding hydrogens is 344 g/mol. The molecule has 0 radical (unpaired) electrons. The molecule has 1 amide bonds. The second kappa shape index (κ2) is 7.88. The molecule has 27 heavy (non-hydrogen) atoms. The Morgan fingerprint density at radius 3 is 2.67 bits per heavy atom. The van der Waals surface area contributed by atoms with Crippen LogP contribution in [0.4, 0.5) is 0 Å². The smallest absolute Gasteiger partial charge is 0.234 e. The maximum atomic E-state index is 12.4. The van der Waals surface area contributed by atoms with Gasteiger partial charge in [0.25, 0.3) is 0 Å². The Bertz CT molecular complexity index is 810. The molecule has 6 heteroatoms.